The van der Waals surface area contributed by atoms with E-state index in [9.17, 15) is 4.79 Å². The van der Waals surface area contributed by atoms with E-state index in [1.807, 2.05) is 30.3 Å². The summed E-state index contributed by atoms with van der Waals surface area (Å²) in [5.41, 5.74) is 2.13. The van der Waals surface area contributed by atoms with Crippen LogP contribution in [0.4, 0.5) is 0 Å². The molecule has 6 heteroatoms. The smallest absolute Gasteiger partial charge is 0.356 e. The van der Waals surface area contributed by atoms with Gasteiger partial charge in [-0.1, -0.05) is 24.6 Å². The van der Waals surface area contributed by atoms with Crippen LogP contribution in [-0.2, 0) is 17.8 Å². The summed E-state index contributed by atoms with van der Waals surface area (Å²) < 4.78 is 10.1. The van der Waals surface area contributed by atoms with Crippen LogP contribution in [0.25, 0.3) is 0 Å². The Morgan fingerprint density at radius 3 is 2.67 bits per heavy atom. The molecule has 0 amide bonds. The normalized spacial score (nSPS) is 10.7. The van der Waals surface area contributed by atoms with Gasteiger partial charge >= 0.3 is 5.97 Å². The predicted molar refractivity (Wildman–Crippen MR) is 93.4 cm³/mol. The highest BCUT2D eigenvalue weighted by molar-refractivity contribution is 6.30. The number of hydrogen-bond donors (Lipinski definition) is 0. The van der Waals surface area contributed by atoms with Gasteiger partial charge in [0.2, 0.25) is 0 Å². The van der Waals surface area contributed by atoms with Crippen molar-refractivity contribution < 1.29 is 14.3 Å². The Kier molecular flexibility index (Phi) is 6.58. The van der Waals surface area contributed by atoms with Crippen molar-refractivity contribution in [3.8, 4) is 5.75 Å². The van der Waals surface area contributed by atoms with Crippen molar-refractivity contribution in [2.75, 3.05) is 20.8 Å². The number of methoxy groups -OCH3 is 2. The summed E-state index contributed by atoms with van der Waals surface area (Å²) in [5.74, 6) is 0.366. The molecule has 0 spiro atoms. The maximum Gasteiger partial charge on any atom is 0.356 e. The molecule has 0 aliphatic heterocycles. The van der Waals surface area contributed by atoms with E-state index < -0.39 is 5.97 Å². The van der Waals surface area contributed by atoms with Crippen LogP contribution in [0.2, 0.25) is 5.02 Å². The SMILES string of the molecule is CCN(Cc1cccc(C(=O)OC)n1)Cc1cc(Cl)ccc1OC. The van der Waals surface area contributed by atoms with Crippen molar-refractivity contribution in [3.05, 3.63) is 58.4 Å². The maximum atomic E-state index is 11.6. The molecule has 2 rings (SSSR count). The molecule has 0 saturated carbocycles. The monoisotopic (exact) mass is 348 g/mol. The standard InChI is InChI=1S/C18H21ClN2O3/c1-4-21(11-13-10-14(19)8-9-17(13)23-2)12-15-6-5-7-16(20-15)18(22)24-3/h5-10H,4,11-12H2,1-3H3. The fourth-order valence-corrected chi connectivity index (χ4v) is 2.60. The molecule has 0 aliphatic carbocycles. The molecule has 0 bridgehead atoms. The second kappa shape index (κ2) is 8.66. The van der Waals surface area contributed by atoms with Gasteiger partial charge in [0.1, 0.15) is 11.4 Å². The van der Waals surface area contributed by atoms with Crippen molar-refractivity contribution >= 4 is 17.6 Å². The number of carbonyl (C=O) groups excluding carboxylic acids is 1. The van der Waals surface area contributed by atoms with Crippen LogP contribution >= 0.6 is 11.6 Å². The lowest BCUT2D eigenvalue weighted by Crippen LogP contribution is -2.23. The van der Waals surface area contributed by atoms with Gasteiger partial charge in [-0.25, -0.2) is 9.78 Å². The van der Waals surface area contributed by atoms with Crippen molar-refractivity contribution in [2.24, 2.45) is 0 Å². The quantitative estimate of drug-likeness (QED) is 0.716. The molecule has 0 atom stereocenters. The van der Waals surface area contributed by atoms with Crippen LogP contribution in [0.1, 0.15) is 28.7 Å². The molecule has 128 valence electrons. The third-order valence-electron chi connectivity index (χ3n) is 3.67. The van der Waals surface area contributed by atoms with Gasteiger partial charge in [-0.2, -0.15) is 0 Å². The highest BCUT2D eigenvalue weighted by Crippen LogP contribution is 2.24. The molecule has 24 heavy (non-hydrogen) atoms. The van der Waals surface area contributed by atoms with Gasteiger partial charge < -0.3 is 9.47 Å². The molecular weight excluding hydrogens is 328 g/mol. The lowest BCUT2D eigenvalue weighted by atomic mass is 10.1. The lowest BCUT2D eigenvalue weighted by molar-refractivity contribution is 0.0593. The largest absolute Gasteiger partial charge is 0.496 e. The van der Waals surface area contributed by atoms with Crippen LogP contribution in [-0.4, -0.2) is 36.6 Å². The van der Waals surface area contributed by atoms with Gasteiger partial charge in [-0.05, 0) is 36.9 Å². The number of carbonyl (C=O) groups is 1. The first kappa shape index (κ1) is 18.2. The third kappa shape index (κ3) is 4.69. The highest BCUT2D eigenvalue weighted by Gasteiger charge is 2.12. The summed E-state index contributed by atoms with van der Waals surface area (Å²) in [6.07, 6.45) is 0. The van der Waals surface area contributed by atoms with Gasteiger partial charge in [-0.15, -0.1) is 0 Å². The van der Waals surface area contributed by atoms with Crippen LogP contribution in [0, 0.1) is 0 Å². The molecule has 1 aromatic carbocycles. The maximum absolute atomic E-state index is 11.6. The average Bonchev–Trinajstić information content (AvgIpc) is 2.61. The van der Waals surface area contributed by atoms with E-state index in [1.165, 1.54) is 7.11 Å². The number of hydrogen-bond acceptors (Lipinski definition) is 5. The van der Waals surface area contributed by atoms with Crippen molar-refractivity contribution in [3.63, 3.8) is 0 Å². The van der Waals surface area contributed by atoms with Crippen molar-refractivity contribution in [1.29, 1.82) is 0 Å². The molecular formula is C18H21ClN2O3. The van der Waals surface area contributed by atoms with E-state index in [4.69, 9.17) is 21.1 Å². The Hall–Kier alpha value is -2.11. The zero-order chi connectivity index (χ0) is 17.5. The Balaban J connectivity index is 2.15. The Morgan fingerprint density at radius 2 is 2.00 bits per heavy atom. The van der Waals surface area contributed by atoms with E-state index in [2.05, 4.69) is 16.8 Å². The molecule has 1 heterocycles. The fraction of sp³-hybridized carbons (Fsp3) is 0.333. The van der Waals surface area contributed by atoms with Crippen LogP contribution in [0.3, 0.4) is 0 Å². The highest BCUT2D eigenvalue weighted by atomic mass is 35.5. The van der Waals surface area contributed by atoms with Crippen LogP contribution < -0.4 is 4.74 Å². The van der Waals surface area contributed by atoms with Crippen molar-refractivity contribution in [1.82, 2.24) is 9.88 Å². The van der Waals surface area contributed by atoms with Gasteiger partial charge in [-0.3, -0.25) is 4.90 Å². The fourth-order valence-electron chi connectivity index (χ4n) is 2.41. The summed E-state index contributed by atoms with van der Waals surface area (Å²) in [6, 6.07) is 10.9. The first-order valence-electron chi connectivity index (χ1n) is 7.66. The van der Waals surface area contributed by atoms with E-state index in [-0.39, 0.29) is 0 Å². The third-order valence-corrected chi connectivity index (χ3v) is 3.91. The van der Waals surface area contributed by atoms with Crippen molar-refractivity contribution in [2.45, 2.75) is 20.0 Å². The van der Waals surface area contributed by atoms with Gasteiger partial charge in [0, 0.05) is 23.7 Å². The van der Waals surface area contributed by atoms with Gasteiger partial charge in [0.05, 0.1) is 19.9 Å². The zero-order valence-corrected chi connectivity index (χ0v) is 14.8. The minimum Gasteiger partial charge on any atom is -0.496 e. The average molecular weight is 349 g/mol. The number of benzene rings is 1. The summed E-state index contributed by atoms with van der Waals surface area (Å²) in [6.45, 7) is 4.17. The number of ether oxygens (including phenoxy) is 2. The molecule has 2 aromatic rings. The molecule has 0 unspecified atom stereocenters. The molecule has 5 nitrogen and oxygen atoms in total. The molecule has 0 radical (unpaired) electrons. The van der Waals surface area contributed by atoms with Gasteiger partial charge in [0.15, 0.2) is 0 Å². The van der Waals surface area contributed by atoms with E-state index >= 15 is 0 Å². The summed E-state index contributed by atoms with van der Waals surface area (Å²) in [7, 11) is 2.99. The van der Waals surface area contributed by atoms with E-state index in [0.29, 0.717) is 23.8 Å². The minimum absolute atomic E-state index is 0.311. The molecule has 0 aliphatic rings. The number of pyridine rings is 1. The Bertz CT molecular complexity index is 706. The number of aromatic nitrogens is 1. The van der Waals surface area contributed by atoms with Gasteiger partial charge in [0.25, 0.3) is 0 Å². The number of rotatable bonds is 7. The number of esters is 1. The van der Waals surface area contributed by atoms with Crippen LogP contribution in [0.15, 0.2) is 36.4 Å². The molecule has 0 saturated heterocycles. The second-order valence-electron chi connectivity index (χ2n) is 5.27. The van der Waals surface area contributed by atoms with E-state index in [0.717, 1.165) is 23.6 Å². The molecule has 1 aromatic heterocycles. The first-order chi connectivity index (χ1) is 11.6. The lowest BCUT2D eigenvalue weighted by Gasteiger charge is -2.21. The number of halogens is 1. The molecule has 0 N–H and O–H groups in total. The Labute approximate surface area is 147 Å². The summed E-state index contributed by atoms with van der Waals surface area (Å²) in [4.78, 5) is 18.2. The minimum atomic E-state index is -0.434. The number of nitrogens with zero attached hydrogens (tertiary/aromatic N) is 2. The summed E-state index contributed by atoms with van der Waals surface area (Å²) >= 11 is 6.09. The second-order valence-corrected chi connectivity index (χ2v) is 5.70. The zero-order valence-electron chi connectivity index (χ0n) is 14.1. The molecule has 0 fully saturated rings. The topological polar surface area (TPSA) is 51.7 Å². The van der Waals surface area contributed by atoms with E-state index in [1.54, 1.807) is 13.2 Å². The first-order valence-corrected chi connectivity index (χ1v) is 8.04. The van der Waals surface area contributed by atoms with Crippen LogP contribution in [0.5, 0.6) is 5.75 Å². The summed E-state index contributed by atoms with van der Waals surface area (Å²) in [5, 5.41) is 0.674. The predicted octanol–water partition coefficient (Wildman–Crippen LogP) is 3.55. The Morgan fingerprint density at radius 1 is 1.21 bits per heavy atom.